The smallest absolute Gasteiger partial charge is 0.143 e. The molecule has 2 nitrogen and oxygen atoms in total. The van der Waals surface area contributed by atoms with E-state index in [1.807, 2.05) is 114 Å². The van der Waals surface area contributed by atoms with Crippen molar-refractivity contribution >= 4 is 71.3 Å². The van der Waals surface area contributed by atoms with Gasteiger partial charge >= 0.3 is 0 Å². The lowest BCUT2D eigenvalue weighted by atomic mass is 9.94. The molecule has 0 aliphatic heterocycles. The Morgan fingerprint density at radius 1 is 0.323 bits per heavy atom. The Hall–Kier alpha value is -8.20. The molecule has 0 N–H and O–H groups in total. The minimum absolute atomic E-state index is 0.117. The van der Waals surface area contributed by atoms with Crippen LogP contribution in [0.4, 0.5) is 17.1 Å². The Kier molecular flexibility index (Phi) is 7.57. The van der Waals surface area contributed by atoms with E-state index in [2.05, 4.69) is 103 Å². The Morgan fingerprint density at radius 3 is 1.81 bits per heavy atom. The summed E-state index contributed by atoms with van der Waals surface area (Å²) in [7, 11) is 0. The summed E-state index contributed by atoms with van der Waals surface area (Å²) in [5, 5.41) is 8.60. The third kappa shape index (κ3) is 6.12. The zero-order valence-corrected chi connectivity index (χ0v) is 33.6. The average Bonchev–Trinajstić information content (AvgIpc) is 3.76. The number of para-hydroxylation sites is 2. The number of fused-ring (bicyclic) bond motifs is 7. The van der Waals surface area contributed by atoms with Crippen molar-refractivity contribution in [3.05, 3.63) is 236 Å². The molecule has 1 heterocycles. The number of hydrogen-bond donors (Lipinski definition) is 0. The van der Waals surface area contributed by atoms with E-state index >= 15 is 0 Å². The van der Waals surface area contributed by atoms with Gasteiger partial charge in [-0.25, -0.2) is 0 Å². The van der Waals surface area contributed by atoms with Crippen molar-refractivity contribution in [2.75, 3.05) is 4.90 Å². The molecule has 0 saturated heterocycles. The van der Waals surface area contributed by atoms with Crippen LogP contribution in [0.5, 0.6) is 0 Å². The average molecular weight is 794 g/mol. The van der Waals surface area contributed by atoms with Gasteiger partial charge in [0.15, 0.2) is 0 Å². The van der Waals surface area contributed by atoms with Gasteiger partial charge in [0.25, 0.3) is 0 Å². The summed E-state index contributed by atoms with van der Waals surface area (Å²) in [4.78, 5) is 1.90. The normalized spacial score (nSPS) is 12.5. The third-order valence-corrected chi connectivity index (χ3v) is 12.1. The molecule has 0 radical (unpaired) electrons. The maximum absolute atomic E-state index is 9.84. The first-order chi connectivity index (χ1) is 32.4. The van der Waals surface area contributed by atoms with Gasteiger partial charge in [-0.05, 0) is 120 Å². The van der Waals surface area contributed by atoms with Gasteiger partial charge in [0.05, 0.1) is 11.2 Å². The summed E-state index contributed by atoms with van der Waals surface area (Å²) < 4.78 is 45.5. The Morgan fingerprint density at radius 2 is 0.919 bits per heavy atom. The summed E-state index contributed by atoms with van der Waals surface area (Å²) in [5.41, 5.74) is 9.92. The summed E-state index contributed by atoms with van der Waals surface area (Å²) >= 11 is 0. The highest BCUT2D eigenvalue weighted by molar-refractivity contribution is 6.18. The van der Waals surface area contributed by atoms with Crippen molar-refractivity contribution in [3.63, 3.8) is 0 Å². The van der Waals surface area contributed by atoms with Crippen LogP contribution in [0.2, 0.25) is 0 Å². The molecule has 62 heavy (non-hydrogen) atoms. The Balaban J connectivity index is 1.05. The molecule has 12 rings (SSSR count). The lowest BCUT2D eigenvalue weighted by Crippen LogP contribution is -2.11. The van der Waals surface area contributed by atoms with Gasteiger partial charge in [0.2, 0.25) is 0 Å². The predicted octanol–water partition coefficient (Wildman–Crippen LogP) is 17.2. The van der Waals surface area contributed by atoms with E-state index in [0.29, 0.717) is 16.9 Å². The molecule has 1 aromatic heterocycles. The van der Waals surface area contributed by atoms with E-state index in [1.165, 1.54) is 5.39 Å². The first-order valence-electron chi connectivity index (χ1n) is 22.9. The van der Waals surface area contributed by atoms with Gasteiger partial charge in [-0.15, -0.1) is 0 Å². The largest absolute Gasteiger partial charge is 0.455 e. The van der Waals surface area contributed by atoms with Crippen LogP contribution in [0.15, 0.2) is 241 Å². The van der Waals surface area contributed by atoms with Crippen LogP contribution in [0, 0.1) is 0 Å². The summed E-state index contributed by atoms with van der Waals surface area (Å²) in [6.07, 6.45) is 0. The molecule has 0 bridgehead atoms. The van der Waals surface area contributed by atoms with Crippen molar-refractivity contribution in [2.24, 2.45) is 0 Å². The fourth-order valence-electron chi connectivity index (χ4n) is 9.11. The number of anilines is 3. The highest BCUT2D eigenvalue weighted by atomic mass is 16.3. The van der Waals surface area contributed by atoms with Crippen LogP contribution in [-0.2, 0) is 0 Å². The van der Waals surface area contributed by atoms with Crippen molar-refractivity contribution in [3.8, 4) is 44.5 Å². The minimum Gasteiger partial charge on any atom is -0.455 e. The van der Waals surface area contributed by atoms with Gasteiger partial charge in [-0.1, -0.05) is 182 Å². The van der Waals surface area contributed by atoms with Crippen LogP contribution in [-0.4, -0.2) is 0 Å². The highest BCUT2D eigenvalue weighted by Crippen LogP contribution is 2.45. The zero-order valence-electron chi connectivity index (χ0n) is 37.6. The molecule has 0 unspecified atom stereocenters. The number of hydrogen-bond acceptors (Lipinski definition) is 2. The van der Waals surface area contributed by atoms with Gasteiger partial charge < -0.3 is 9.32 Å². The summed E-state index contributed by atoms with van der Waals surface area (Å²) in [5.74, 6) is 0. The zero-order chi connectivity index (χ0) is 44.5. The quantitative estimate of drug-likeness (QED) is 0.160. The second-order valence-electron chi connectivity index (χ2n) is 15.7. The number of benzene rings is 11. The van der Waals surface area contributed by atoms with Gasteiger partial charge in [-0.3, -0.25) is 0 Å². The van der Waals surface area contributed by atoms with E-state index in [0.717, 1.165) is 82.3 Å². The van der Waals surface area contributed by atoms with Crippen molar-refractivity contribution in [1.82, 2.24) is 0 Å². The molecule has 0 spiro atoms. The molecule has 12 aromatic rings. The molecule has 0 aliphatic rings. The number of rotatable bonds is 7. The molecule has 0 fully saturated rings. The molecule has 2 heteroatoms. The SMILES string of the molecule is [2H]c1c([2H])c(N(c2ccc(-c3ccc4ccccc4c3)cc2)c2ccccc2-c2cccc3c2ccc2c4ccccc4oc32)c([2H])c([2H])c1-c1cccc(-c2cccc3ccccc23)c1. The van der Waals surface area contributed by atoms with Crippen LogP contribution in [0.25, 0.3) is 98.8 Å². The summed E-state index contributed by atoms with van der Waals surface area (Å²) in [6, 6.07) is 71.2. The molecule has 0 amide bonds. The molecule has 290 valence electrons. The molecular weight excluding hydrogens is 751 g/mol. The van der Waals surface area contributed by atoms with Gasteiger partial charge in [0.1, 0.15) is 11.2 Å². The minimum atomic E-state index is -0.142. The molecular formula is C60H39NO. The lowest BCUT2D eigenvalue weighted by Gasteiger charge is -2.28. The maximum atomic E-state index is 9.84. The lowest BCUT2D eigenvalue weighted by molar-refractivity contribution is 0.672. The van der Waals surface area contributed by atoms with E-state index in [1.54, 1.807) is 0 Å². The predicted molar refractivity (Wildman–Crippen MR) is 263 cm³/mol. The fraction of sp³-hybridized carbons (Fsp3) is 0. The van der Waals surface area contributed by atoms with Crippen LogP contribution in [0.1, 0.15) is 5.48 Å². The van der Waals surface area contributed by atoms with E-state index in [4.69, 9.17) is 4.42 Å². The first kappa shape index (κ1) is 31.7. The molecule has 0 saturated carbocycles. The number of nitrogens with zero attached hydrogens (tertiary/aromatic N) is 1. The second kappa shape index (κ2) is 14.8. The Bertz CT molecular complexity index is 3860. The highest BCUT2D eigenvalue weighted by Gasteiger charge is 2.20. The fourth-order valence-corrected chi connectivity index (χ4v) is 9.11. The number of furan rings is 1. The van der Waals surface area contributed by atoms with Gasteiger partial charge in [0, 0.05) is 33.1 Å². The topological polar surface area (TPSA) is 16.4 Å². The van der Waals surface area contributed by atoms with E-state index in [-0.39, 0.29) is 35.4 Å². The van der Waals surface area contributed by atoms with E-state index in [9.17, 15) is 5.48 Å². The monoisotopic (exact) mass is 793 g/mol. The first-order valence-corrected chi connectivity index (χ1v) is 20.9. The second-order valence-corrected chi connectivity index (χ2v) is 15.7. The molecule has 11 aromatic carbocycles. The van der Waals surface area contributed by atoms with E-state index < -0.39 is 0 Å². The molecule has 0 atom stereocenters. The van der Waals surface area contributed by atoms with Gasteiger partial charge in [-0.2, -0.15) is 0 Å². The third-order valence-electron chi connectivity index (χ3n) is 12.1. The van der Waals surface area contributed by atoms with Crippen molar-refractivity contribution in [2.45, 2.75) is 0 Å². The summed E-state index contributed by atoms with van der Waals surface area (Å²) in [6.45, 7) is 0. The standard InChI is InChI=1S/C60H39NO/c1-2-14-44-38-46(27-26-40(44)12-1)42-30-34-49(35-31-42)61(48-32-28-41(29-33-48)45-16-9-17-47(39-45)51-21-10-15-43-13-3-4-18-50(43)51)58-24-7-5-19-54(58)52-22-11-23-56-53(52)36-37-57-55-20-6-8-25-59(55)62-60(56)57/h1-39H/i28D,29D,32D,33D. The van der Waals surface area contributed by atoms with Crippen molar-refractivity contribution in [1.29, 1.82) is 0 Å². The van der Waals surface area contributed by atoms with Crippen molar-refractivity contribution < 1.29 is 9.90 Å². The van der Waals surface area contributed by atoms with Crippen LogP contribution < -0.4 is 4.90 Å². The Labute approximate surface area is 365 Å². The van der Waals surface area contributed by atoms with Crippen LogP contribution in [0.3, 0.4) is 0 Å². The maximum Gasteiger partial charge on any atom is 0.143 e. The van der Waals surface area contributed by atoms with Crippen LogP contribution >= 0.6 is 0 Å². The molecule has 0 aliphatic carbocycles.